The highest BCUT2D eigenvalue weighted by molar-refractivity contribution is 7.33. The van der Waals surface area contributed by atoms with Crippen LogP contribution in [0.3, 0.4) is 0 Å². The van der Waals surface area contributed by atoms with Crippen LogP contribution in [0.2, 0.25) is 0 Å². The van der Waals surface area contributed by atoms with Crippen LogP contribution in [-0.2, 0) is 13.7 Å². The van der Waals surface area contributed by atoms with Crippen LogP contribution < -0.4 is 5.90 Å². The van der Waals surface area contributed by atoms with Gasteiger partial charge in [0.1, 0.15) is 0 Å². The summed E-state index contributed by atoms with van der Waals surface area (Å²) < 4.78 is 19.4. The van der Waals surface area contributed by atoms with Gasteiger partial charge in [0, 0.05) is 0 Å². The lowest BCUT2D eigenvalue weighted by Gasteiger charge is -2.01. The lowest BCUT2D eigenvalue weighted by molar-refractivity contribution is 0.226. The van der Waals surface area contributed by atoms with E-state index in [2.05, 4.69) is 17.4 Å². The van der Waals surface area contributed by atoms with Crippen molar-refractivity contribution in [3.8, 4) is 0 Å². The van der Waals surface area contributed by atoms with E-state index in [9.17, 15) is 4.57 Å². The molecular weight excluding hydrogens is 189 g/mol. The fourth-order valence-corrected chi connectivity index (χ4v) is 1.45. The van der Waals surface area contributed by atoms with Crippen LogP contribution in [0.25, 0.3) is 0 Å². The third kappa shape index (κ3) is 10.0. The van der Waals surface area contributed by atoms with Gasteiger partial charge >= 0.3 is 8.25 Å². The fourth-order valence-electron chi connectivity index (χ4n) is 1.07. The first kappa shape index (κ1) is 13.1. The van der Waals surface area contributed by atoms with Crippen LogP contribution in [0.4, 0.5) is 0 Å². The van der Waals surface area contributed by atoms with Gasteiger partial charge in [-0.25, -0.2) is 10.5 Å². The Morgan fingerprint density at radius 2 is 1.77 bits per heavy atom. The van der Waals surface area contributed by atoms with Crippen molar-refractivity contribution in [2.24, 2.45) is 5.90 Å². The molecule has 0 saturated carbocycles. The molecule has 2 N–H and O–H groups in total. The molecule has 13 heavy (non-hydrogen) atoms. The topological polar surface area (TPSA) is 61.5 Å². The second kappa shape index (κ2) is 10.2. The Kier molecular flexibility index (Phi) is 10.3. The molecule has 5 heteroatoms. The minimum atomic E-state index is -2.40. The highest BCUT2D eigenvalue weighted by Crippen LogP contribution is 2.20. The van der Waals surface area contributed by atoms with Gasteiger partial charge in [0.15, 0.2) is 0 Å². The molecule has 0 aromatic carbocycles. The van der Waals surface area contributed by atoms with Crippen LogP contribution in [0.1, 0.15) is 45.4 Å². The Hall–Kier alpha value is 0.110. The summed E-state index contributed by atoms with van der Waals surface area (Å²) in [4.78, 5) is 0. The average Bonchev–Trinajstić information content (AvgIpc) is 2.16. The van der Waals surface area contributed by atoms with E-state index in [1.807, 2.05) is 0 Å². The van der Waals surface area contributed by atoms with Gasteiger partial charge in [0.2, 0.25) is 0 Å². The summed E-state index contributed by atoms with van der Waals surface area (Å²) in [5.74, 6) is 4.66. The van der Waals surface area contributed by atoms with E-state index >= 15 is 0 Å². The normalized spacial score (nSPS) is 13.1. The molecule has 0 rings (SSSR count). The summed E-state index contributed by atoms with van der Waals surface area (Å²) in [6.45, 7) is 2.68. The van der Waals surface area contributed by atoms with Crippen LogP contribution in [0, 0.1) is 0 Å². The molecule has 0 aliphatic rings. The molecule has 0 radical (unpaired) electrons. The molecule has 0 aliphatic heterocycles. The Morgan fingerprint density at radius 3 is 2.38 bits per heavy atom. The van der Waals surface area contributed by atoms with Gasteiger partial charge in [0.05, 0.1) is 6.61 Å². The molecule has 80 valence electrons. The third-order valence-electron chi connectivity index (χ3n) is 1.81. The largest absolute Gasteiger partial charge is 0.335 e. The first-order valence-electron chi connectivity index (χ1n) is 4.84. The van der Waals surface area contributed by atoms with Crippen molar-refractivity contribution in [2.75, 3.05) is 6.61 Å². The average molecular weight is 209 g/mol. The molecule has 1 atom stereocenters. The first-order valence-corrected chi connectivity index (χ1v) is 6.07. The van der Waals surface area contributed by atoms with E-state index in [-0.39, 0.29) is 0 Å². The number of rotatable bonds is 9. The van der Waals surface area contributed by atoms with Crippen molar-refractivity contribution in [3.05, 3.63) is 0 Å². The predicted molar refractivity (Wildman–Crippen MR) is 53.6 cm³/mol. The van der Waals surface area contributed by atoms with Gasteiger partial charge in [0.25, 0.3) is 0 Å². The van der Waals surface area contributed by atoms with E-state index < -0.39 is 8.25 Å². The smallest absolute Gasteiger partial charge is 0.310 e. The quantitative estimate of drug-likeness (QED) is 0.360. The molecule has 0 bridgehead atoms. The van der Waals surface area contributed by atoms with Crippen LogP contribution in [0.15, 0.2) is 0 Å². The van der Waals surface area contributed by atoms with Crippen molar-refractivity contribution >= 4 is 8.25 Å². The predicted octanol–water partition coefficient (Wildman–Crippen LogP) is 2.64. The number of nitrogens with two attached hydrogens (primary N) is 1. The van der Waals surface area contributed by atoms with Crippen molar-refractivity contribution in [3.63, 3.8) is 0 Å². The van der Waals surface area contributed by atoms with Crippen molar-refractivity contribution in [2.45, 2.75) is 45.4 Å². The molecule has 0 heterocycles. The van der Waals surface area contributed by atoms with Crippen molar-refractivity contribution in [1.29, 1.82) is 0 Å². The van der Waals surface area contributed by atoms with Crippen LogP contribution >= 0.6 is 8.25 Å². The number of unbranched alkanes of at least 4 members (excludes halogenated alkanes) is 5. The maximum atomic E-state index is 10.6. The summed E-state index contributed by atoms with van der Waals surface area (Å²) in [6.07, 6.45) is 7.11. The molecule has 0 aromatic rings. The van der Waals surface area contributed by atoms with Gasteiger partial charge in [-0.1, -0.05) is 39.0 Å². The second-order valence-corrected chi connectivity index (χ2v) is 4.01. The van der Waals surface area contributed by atoms with E-state index in [0.717, 1.165) is 12.8 Å². The molecule has 0 spiro atoms. The van der Waals surface area contributed by atoms with Crippen LogP contribution in [0.5, 0.6) is 0 Å². The van der Waals surface area contributed by atoms with Gasteiger partial charge in [-0.05, 0) is 6.42 Å². The Morgan fingerprint density at radius 1 is 1.15 bits per heavy atom. The van der Waals surface area contributed by atoms with Gasteiger partial charge in [-0.15, -0.1) is 0 Å². The number of hydrogen-bond acceptors (Lipinski definition) is 4. The highest BCUT2D eigenvalue weighted by atomic mass is 31.1. The van der Waals surface area contributed by atoms with E-state index in [0.29, 0.717) is 6.61 Å². The molecular formula is C8H20NO3P. The van der Waals surface area contributed by atoms with Crippen molar-refractivity contribution in [1.82, 2.24) is 0 Å². The summed E-state index contributed by atoms with van der Waals surface area (Å²) >= 11 is 0. The van der Waals surface area contributed by atoms with Gasteiger partial charge in [-0.3, -0.25) is 4.57 Å². The molecule has 0 amide bonds. The highest BCUT2D eigenvalue weighted by Gasteiger charge is 1.95. The lowest BCUT2D eigenvalue weighted by atomic mass is 10.1. The molecule has 0 aliphatic carbocycles. The zero-order valence-corrected chi connectivity index (χ0v) is 9.25. The fraction of sp³-hybridized carbons (Fsp3) is 1.00. The molecule has 0 aromatic heterocycles. The zero-order valence-electron chi connectivity index (χ0n) is 8.25. The molecule has 0 saturated heterocycles. The van der Waals surface area contributed by atoms with E-state index in [1.165, 1.54) is 25.7 Å². The zero-order chi connectivity index (χ0) is 9.94. The maximum Gasteiger partial charge on any atom is 0.335 e. The monoisotopic (exact) mass is 209 g/mol. The number of hydrogen-bond donors (Lipinski definition) is 1. The Labute approximate surface area is 80.7 Å². The Balaban J connectivity index is 2.95. The first-order chi connectivity index (χ1) is 6.31. The van der Waals surface area contributed by atoms with E-state index in [1.54, 1.807) is 0 Å². The van der Waals surface area contributed by atoms with Crippen LogP contribution in [-0.4, -0.2) is 6.61 Å². The lowest BCUT2D eigenvalue weighted by Crippen LogP contribution is -1.93. The van der Waals surface area contributed by atoms with Crippen molar-refractivity contribution < 1.29 is 13.7 Å². The summed E-state index contributed by atoms with van der Waals surface area (Å²) in [6, 6.07) is 0. The van der Waals surface area contributed by atoms with Gasteiger partial charge < -0.3 is 4.52 Å². The third-order valence-corrected chi connectivity index (χ3v) is 2.45. The summed E-state index contributed by atoms with van der Waals surface area (Å²) in [5.41, 5.74) is 0. The minimum absolute atomic E-state index is 0.487. The standard InChI is InChI=1S/C8H20NO3P/c1-2-3-4-5-6-7-8-11-13(10)12-9/h13H,2-9H2,1H3. The maximum absolute atomic E-state index is 10.6. The second-order valence-electron chi connectivity index (χ2n) is 2.98. The SMILES string of the molecule is CCCCCCCCO[PH](=O)ON. The Bertz CT molecular complexity index is 133. The van der Waals surface area contributed by atoms with E-state index in [4.69, 9.17) is 4.52 Å². The molecule has 0 fully saturated rings. The molecule has 1 unspecified atom stereocenters. The van der Waals surface area contributed by atoms with Gasteiger partial charge in [-0.2, -0.15) is 0 Å². The minimum Gasteiger partial charge on any atom is -0.310 e. The molecule has 4 nitrogen and oxygen atoms in total. The summed E-state index contributed by atoms with van der Waals surface area (Å²) in [5, 5.41) is 0. The summed E-state index contributed by atoms with van der Waals surface area (Å²) in [7, 11) is -2.40.